The Kier molecular flexibility index (Phi) is 2.14. The molecule has 1 atom stereocenters. The summed E-state index contributed by atoms with van der Waals surface area (Å²) in [6.07, 6.45) is 4.26. The van der Waals surface area contributed by atoms with Crippen molar-refractivity contribution in [1.29, 1.82) is 0 Å². The summed E-state index contributed by atoms with van der Waals surface area (Å²) in [5.74, 6) is 1.21. The number of aromatic nitrogens is 2. The van der Waals surface area contributed by atoms with Crippen molar-refractivity contribution < 1.29 is 0 Å². The Morgan fingerprint density at radius 1 is 1.50 bits per heavy atom. The van der Waals surface area contributed by atoms with Crippen LogP contribution in [0.25, 0.3) is 0 Å². The molecule has 0 fully saturated rings. The van der Waals surface area contributed by atoms with E-state index >= 15 is 0 Å². The third-order valence-corrected chi connectivity index (χ3v) is 2.80. The van der Waals surface area contributed by atoms with Crippen molar-refractivity contribution in [3.05, 3.63) is 17.7 Å². The summed E-state index contributed by atoms with van der Waals surface area (Å²) in [5, 5.41) is 0. The number of aryl methyl sites for hydroxylation is 1. The quantitative estimate of drug-likeness (QED) is 0.678. The molecule has 0 aliphatic carbocycles. The van der Waals surface area contributed by atoms with Crippen LogP contribution in [0.5, 0.6) is 0 Å². The monoisotopic (exact) mass is 193 g/mol. The van der Waals surface area contributed by atoms with Crippen LogP contribution in [-0.2, 0) is 18.4 Å². The predicted molar refractivity (Wildman–Crippen MR) is 57.2 cm³/mol. The van der Waals surface area contributed by atoms with Gasteiger partial charge in [0.2, 0.25) is 0 Å². The van der Waals surface area contributed by atoms with Crippen molar-refractivity contribution in [3.63, 3.8) is 0 Å². The highest BCUT2D eigenvalue weighted by atomic mass is 15.1. The zero-order valence-electron chi connectivity index (χ0n) is 9.25. The molecule has 78 valence electrons. The van der Waals surface area contributed by atoms with E-state index in [0.29, 0.717) is 6.04 Å². The third-order valence-electron chi connectivity index (χ3n) is 2.80. The van der Waals surface area contributed by atoms with Crippen LogP contribution in [0.4, 0.5) is 0 Å². The van der Waals surface area contributed by atoms with Gasteiger partial charge in [-0.1, -0.05) is 20.8 Å². The van der Waals surface area contributed by atoms with Crippen LogP contribution >= 0.6 is 0 Å². The van der Waals surface area contributed by atoms with Gasteiger partial charge in [0.25, 0.3) is 0 Å². The van der Waals surface area contributed by atoms with E-state index < -0.39 is 0 Å². The lowest BCUT2D eigenvalue weighted by atomic mass is 9.93. The predicted octanol–water partition coefficient (Wildman–Crippen LogP) is 1.45. The summed E-state index contributed by atoms with van der Waals surface area (Å²) < 4.78 is 2.22. The molecule has 1 unspecified atom stereocenters. The maximum atomic E-state index is 5.92. The first-order valence-electron chi connectivity index (χ1n) is 5.29. The zero-order chi connectivity index (χ0) is 10.3. The number of fused-ring (bicyclic) bond motifs is 1. The number of nitrogens with zero attached hydrogens (tertiary/aromatic N) is 2. The summed E-state index contributed by atoms with van der Waals surface area (Å²) in [6, 6.07) is 0.310. The highest BCUT2D eigenvalue weighted by Crippen LogP contribution is 2.23. The highest BCUT2D eigenvalue weighted by molar-refractivity contribution is 5.14. The average Bonchev–Trinajstić information content (AvgIpc) is 2.45. The van der Waals surface area contributed by atoms with Gasteiger partial charge in [-0.25, -0.2) is 4.98 Å². The van der Waals surface area contributed by atoms with Gasteiger partial charge in [-0.05, 0) is 6.42 Å². The van der Waals surface area contributed by atoms with E-state index in [1.807, 2.05) is 0 Å². The highest BCUT2D eigenvalue weighted by Gasteiger charge is 2.22. The molecule has 2 heterocycles. The summed E-state index contributed by atoms with van der Waals surface area (Å²) in [4.78, 5) is 4.66. The lowest BCUT2D eigenvalue weighted by Gasteiger charge is -2.19. The third kappa shape index (κ3) is 1.69. The molecule has 0 saturated carbocycles. The van der Waals surface area contributed by atoms with E-state index in [4.69, 9.17) is 5.73 Å². The first kappa shape index (κ1) is 9.71. The maximum absolute atomic E-state index is 5.92. The maximum Gasteiger partial charge on any atom is 0.109 e. The first-order chi connectivity index (χ1) is 6.47. The first-order valence-corrected chi connectivity index (χ1v) is 5.29. The molecule has 1 aliphatic rings. The van der Waals surface area contributed by atoms with Gasteiger partial charge in [-0.3, -0.25) is 0 Å². The van der Waals surface area contributed by atoms with Crippen LogP contribution in [0.3, 0.4) is 0 Å². The molecule has 0 saturated heterocycles. The van der Waals surface area contributed by atoms with E-state index in [0.717, 1.165) is 19.4 Å². The fourth-order valence-electron chi connectivity index (χ4n) is 1.83. The molecule has 1 aromatic rings. The zero-order valence-corrected chi connectivity index (χ0v) is 9.25. The molecule has 3 nitrogen and oxygen atoms in total. The Hall–Kier alpha value is -0.830. The molecule has 1 aromatic heterocycles. The van der Waals surface area contributed by atoms with E-state index in [1.54, 1.807) is 0 Å². The lowest BCUT2D eigenvalue weighted by Crippen LogP contribution is -2.31. The smallest absolute Gasteiger partial charge is 0.109 e. The van der Waals surface area contributed by atoms with Crippen LogP contribution < -0.4 is 5.73 Å². The van der Waals surface area contributed by atoms with E-state index in [2.05, 4.69) is 36.5 Å². The average molecular weight is 193 g/mol. The minimum Gasteiger partial charge on any atom is -0.333 e. The number of hydrogen-bond acceptors (Lipinski definition) is 2. The van der Waals surface area contributed by atoms with Crippen molar-refractivity contribution in [2.24, 2.45) is 5.73 Å². The molecule has 0 amide bonds. The lowest BCUT2D eigenvalue weighted by molar-refractivity contribution is 0.453. The van der Waals surface area contributed by atoms with Gasteiger partial charge >= 0.3 is 0 Å². The van der Waals surface area contributed by atoms with Crippen molar-refractivity contribution in [2.75, 3.05) is 0 Å². The Morgan fingerprint density at radius 3 is 2.86 bits per heavy atom. The van der Waals surface area contributed by atoms with Gasteiger partial charge in [-0.2, -0.15) is 0 Å². The normalized spacial score (nSPS) is 22.1. The summed E-state index contributed by atoms with van der Waals surface area (Å²) >= 11 is 0. The molecule has 0 radical (unpaired) electrons. The van der Waals surface area contributed by atoms with E-state index in [1.165, 1.54) is 11.5 Å². The molecule has 3 heteroatoms. The summed E-state index contributed by atoms with van der Waals surface area (Å²) in [5.41, 5.74) is 7.25. The van der Waals surface area contributed by atoms with Gasteiger partial charge in [-0.15, -0.1) is 0 Å². The number of imidazole rings is 1. The topological polar surface area (TPSA) is 43.8 Å². The summed E-state index contributed by atoms with van der Waals surface area (Å²) in [6.45, 7) is 7.52. The second-order valence-corrected chi connectivity index (χ2v) is 5.24. The molecule has 0 aromatic carbocycles. The number of hydrogen-bond donors (Lipinski definition) is 1. The molecular formula is C11H19N3. The van der Waals surface area contributed by atoms with Crippen LogP contribution in [0.1, 0.15) is 38.7 Å². The van der Waals surface area contributed by atoms with Gasteiger partial charge in [0, 0.05) is 30.6 Å². The fraction of sp³-hybridized carbons (Fsp3) is 0.727. The second kappa shape index (κ2) is 3.09. The largest absolute Gasteiger partial charge is 0.333 e. The standard InChI is InChI=1S/C11H19N3/c1-11(2,3)9-7-14-6-8(12)4-5-10(14)13-9/h7-8H,4-6,12H2,1-3H3. The number of rotatable bonds is 0. The minimum atomic E-state index is 0.147. The van der Waals surface area contributed by atoms with E-state index in [9.17, 15) is 0 Å². The molecule has 1 aliphatic heterocycles. The Bertz CT molecular complexity index is 333. The minimum absolute atomic E-state index is 0.147. The fourth-order valence-corrected chi connectivity index (χ4v) is 1.83. The Balaban J connectivity index is 2.32. The Labute approximate surface area is 85.3 Å². The summed E-state index contributed by atoms with van der Waals surface area (Å²) in [7, 11) is 0. The van der Waals surface area contributed by atoms with Gasteiger partial charge in [0.05, 0.1) is 5.69 Å². The van der Waals surface area contributed by atoms with E-state index in [-0.39, 0.29) is 5.41 Å². The van der Waals surface area contributed by atoms with Gasteiger partial charge < -0.3 is 10.3 Å². The van der Waals surface area contributed by atoms with Crippen molar-refractivity contribution in [3.8, 4) is 0 Å². The molecular weight excluding hydrogens is 174 g/mol. The van der Waals surface area contributed by atoms with Crippen LogP contribution in [0.15, 0.2) is 6.20 Å². The molecule has 0 bridgehead atoms. The van der Waals surface area contributed by atoms with Crippen LogP contribution in [-0.4, -0.2) is 15.6 Å². The van der Waals surface area contributed by atoms with Crippen LogP contribution in [0, 0.1) is 0 Å². The molecule has 2 N–H and O–H groups in total. The SMILES string of the molecule is CC(C)(C)c1cn2c(n1)CCC(N)C2. The van der Waals surface area contributed by atoms with Gasteiger partial charge in [0.15, 0.2) is 0 Å². The van der Waals surface area contributed by atoms with Crippen molar-refractivity contribution >= 4 is 0 Å². The Morgan fingerprint density at radius 2 is 2.21 bits per heavy atom. The van der Waals surface area contributed by atoms with Crippen molar-refractivity contribution in [1.82, 2.24) is 9.55 Å². The molecule has 2 rings (SSSR count). The van der Waals surface area contributed by atoms with Crippen LogP contribution in [0.2, 0.25) is 0 Å². The van der Waals surface area contributed by atoms with Crippen molar-refractivity contribution in [2.45, 2.75) is 51.6 Å². The second-order valence-electron chi connectivity index (χ2n) is 5.24. The molecule has 0 spiro atoms. The molecule has 14 heavy (non-hydrogen) atoms. The number of nitrogens with two attached hydrogens (primary N) is 1. The van der Waals surface area contributed by atoms with Gasteiger partial charge in [0.1, 0.15) is 5.82 Å².